The number of hydrogen-bond donors (Lipinski definition) is 3. The molecule has 1 aromatic carbocycles. The monoisotopic (exact) mass is 297 g/mol. The van der Waals surface area contributed by atoms with Crippen molar-refractivity contribution in [2.75, 3.05) is 6.54 Å². The highest BCUT2D eigenvalue weighted by Crippen LogP contribution is 2.21. The van der Waals surface area contributed by atoms with E-state index in [1.807, 2.05) is 18.2 Å². The Balaban J connectivity index is 1.51. The Labute approximate surface area is 128 Å². The summed E-state index contributed by atoms with van der Waals surface area (Å²) >= 11 is 0. The van der Waals surface area contributed by atoms with E-state index in [9.17, 15) is 4.79 Å². The zero-order chi connectivity index (χ0) is 15.4. The average Bonchev–Trinajstić information content (AvgIpc) is 3.13. The van der Waals surface area contributed by atoms with Gasteiger partial charge in [0.05, 0.1) is 12.8 Å². The fourth-order valence-electron chi connectivity index (χ4n) is 2.60. The minimum atomic E-state index is -0.186. The summed E-state index contributed by atoms with van der Waals surface area (Å²) in [6, 6.07) is 11.7. The van der Waals surface area contributed by atoms with Crippen LogP contribution in [0.3, 0.4) is 0 Å². The topological polar surface area (TPSA) is 70.1 Å². The lowest BCUT2D eigenvalue weighted by Gasteiger charge is -2.07. The SMILES string of the molecule is Cc1[nH]c2ccccc2c1CCNC(=O)NCc1ccco1. The van der Waals surface area contributed by atoms with Gasteiger partial charge in [0.15, 0.2) is 0 Å². The van der Waals surface area contributed by atoms with E-state index in [4.69, 9.17) is 4.42 Å². The molecule has 0 aliphatic carbocycles. The molecule has 0 radical (unpaired) electrons. The lowest BCUT2D eigenvalue weighted by Crippen LogP contribution is -2.36. The maximum Gasteiger partial charge on any atom is 0.315 e. The Morgan fingerprint density at radius 1 is 1.18 bits per heavy atom. The molecule has 22 heavy (non-hydrogen) atoms. The van der Waals surface area contributed by atoms with Crippen molar-refractivity contribution in [2.45, 2.75) is 19.9 Å². The number of rotatable bonds is 5. The van der Waals surface area contributed by atoms with Crippen LogP contribution >= 0.6 is 0 Å². The first-order valence-electron chi connectivity index (χ1n) is 7.34. The van der Waals surface area contributed by atoms with Gasteiger partial charge in [-0.05, 0) is 37.1 Å². The molecule has 3 aromatic rings. The van der Waals surface area contributed by atoms with Crippen molar-refractivity contribution in [3.8, 4) is 0 Å². The summed E-state index contributed by atoms with van der Waals surface area (Å²) in [5.41, 5.74) is 3.54. The number of furan rings is 1. The highest BCUT2D eigenvalue weighted by Gasteiger charge is 2.08. The van der Waals surface area contributed by atoms with Crippen LogP contribution in [0, 0.1) is 6.92 Å². The minimum absolute atomic E-state index is 0.186. The molecule has 3 N–H and O–H groups in total. The maximum atomic E-state index is 11.7. The Kier molecular flexibility index (Phi) is 4.14. The predicted molar refractivity (Wildman–Crippen MR) is 85.7 cm³/mol. The number of amides is 2. The van der Waals surface area contributed by atoms with Crippen molar-refractivity contribution >= 4 is 16.9 Å². The third-order valence-corrected chi connectivity index (χ3v) is 3.69. The van der Waals surface area contributed by atoms with Crippen LogP contribution in [0.5, 0.6) is 0 Å². The molecule has 3 rings (SSSR count). The number of aryl methyl sites for hydroxylation is 1. The van der Waals surface area contributed by atoms with Gasteiger partial charge in [0.2, 0.25) is 0 Å². The number of aromatic nitrogens is 1. The van der Waals surface area contributed by atoms with Crippen LogP contribution < -0.4 is 10.6 Å². The number of nitrogens with one attached hydrogen (secondary N) is 3. The fourth-order valence-corrected chi connectivity index (χ4v) is 2.60. The molecule has 0 fully saturated rings. The fraction of sp³-hybridized carbons (Fsp3) is 0.235. The molecule has 0 spiro atoms. The normalized spacial score (nSPS) is 10.8. The van der Waals surface area contributed by atoms with Gasteiger partial charge >= 0.3 is 6.03 Å². The van der Waals surface area contributed by atoms with Crippen molar-refractivity contribution in [2.24, 2.45) is 0 Å². The Bertz CT molecular complexity index is 759. The van der Waals surface area contributed by atoms with Crippen LogP contribution in [-0.2, 0) is 13.0 Å². The average molecular weight is 297 g/mol. The first kappa shape index (κ1) is 14.3. The molecule has 5 nitrogen and oxygen atoms in total. The molecule has 0 saturated heterocycles. The van der Waals surface area contributed by atoms with E-state index >= 15 is 0 Å². The number of carbonyl (C=O) groups excluding carboxylic acids is 1. The zero-order valence-corrected chi connectivity index (χ0v) is 12.5. The van der Waals surface area contributed by atoms with E-state index in [2.05, 4.69) is 34.7 Å². The first-order valence-corrected chi connectivity index (χ1v) is 7.34. The number of carbonyl (C=O) groups is 1. The third-order valence-electron chi connectivity index (χ3n) is 3.69. The molecule has 0 aliphatic rings. The molecule has 0 unspecified atom stereocenters. The predicted octanol–water partition coefficient (Wildman–Crippen LogP) is 3.11. The number of benzene rings is 1. The molecular weight excluding hydrogens is 278 g/mol. The number of para-hydroxylation sites is 1. The van der Waals surface area contributed by atoms with Gasteiger partial charge in [0.1, 0.15) is 5.76 Å². The number of hydrogen-bond acceptors (Lipinski definition) is 2. The number of aromatic amines is 1. The Hall–Kier alpha value is -2.69. The molecule has 2 amide bonds. The molecule has 0 atom stereocenters. The lowest BCUT2D eigenvalue weighted by atomic mass is 10.1. The molecular formula is C17H19N3O2. The number of fused-ring (bicyclic) bond motifs is 1. The number of urea groups is 1. The van der Waals surface area contributed by atoms with Crippen molar-refractivity contribution in [1.29, 1.82) is 0 Å². The number of H-pyrrole nitrogens is 1. The molecule has 0 saturated carbocycles. The van der Waals surface area contributed by atoms with E-state index < -0.39 is 0 Å². The van der Waals surface area contributed by atoms with Crippen LogP contribution in [0.15, 0.2) is 47.1 Å². The highest BCUT2D eigenvalue weighted by molar-refractivity contribution is 5.84. The summed E-state index contributed by atoms with van der Waals surface area (Å²) in [4.78, 5) is 15.1. The molecule has 2 aromatic heterocycles. The van der Waals surface area contributed by atoms with Crippen molar-refractivity contribution in [1.82, 2.24) is 15.6 Å². The van der Waals surface area contributed by atoms with Crippen LogP contribution in [0.2, 0.25) is 0 Å². The smallest absolute Gasteiger partial charge is 0.315 e. The molecule has 0 bridgehead atoms. The molecule has 0 aliphatic heterocycles. The van der Waals surface area contributed by atoms with Crippen molar-refractivity contribution in [3.63, 3.8) is 0 Å². The maximum absolute atomic E-state index is 11.7. The first-order chi connectivity index (χ1) is 10.7. The minimum Gasteiger partial charge on any atom is -0.467 e. The summed E-state index contributed by atoms with van der Waals surface area (Å²) in [5, 5.41) is 6.86. The van der Waals surface area contributed by atoms with Crippen molar-refractivity contribution < 1.29 is 9.21 Å². The second-order valence-electron chi connectivity index (χ2n) is 5.21. The molecule has 2 heterocycles. The van der Waals surface area contributed by atoms with Gasteiger partial charge in [-0.15, -0.1) is 0 Å². The lowest BCUT2D eigenvalue weighted by molar-refractivity contribution is 0.239. The van der Waals surface area contributed by atoms with Gasteiger partial charge in [0, 0.05) is 23.1 Å². The van der Waals surface area contributed by atoms with Crippen LogP contribution in [0.1, 0.15) is 17.0 Å². The van der Waals surface area contributed by atoms with Crippen molar-refractivity contribution in [3.05, 3.63) is 59.7 Å². The zero-order valence-electron chi connectivity index (χ0n) is 12.5. The van der Waals surface area contributed by atoms with E-state index in [1.54, 1.807) is 12.3 Å². The van der Waals surface area contributed by atoms with Gasteiger partial charge in [-0.25, -0.2) is 4.79 Å². The molecule has 5 heteroatoms. The van der Waals surface area contributed by atoms with E-state index in [0.717, 1.165) is 23.4 Å². The van der Waals surface area contributed by atoms with E-state index in [0.29, 0.717) is 13.1 Å². The van der Waals surface area contributed by atoms with Crippen LogP contribution in [0.25, 0.3) is 10.9 Å². The van der Waals surface area contributed by atoms with E-state index in [-0.39, 0.29) is 6.03 Å². The quantitative estimate of drug-likeness (QED) is 0.677. The summed E-state index contributed by atoms with van der Waals surface area (Å²) in [7, 11) is 0. The summed E-state index contributed by atoms with van der Waals surface area (Å²) in [6.07, 6.45) is 2.39. The largest absolute Gasteiger partial charge is 0.467 e. The Morgan fingerprint density at radius 3 is 2.86 bits per heavy atom. The van der Waals surface area contributed by atoms with E-state index in [1.165, 1.54) is 10.9 Å². The Morgan fingerprint density at radius 2 is 2.05 bits per heavy atom. The second kappa shape index (κ2) is 6.39. The van der Waals surface area contributed by atoms with Crippen LogP contribution in [0.4, 0.5) is 4.79 Å². The third kappa shape index (κ3) is 3.14. The van der Waals surface area contributed by atoms with Gasteiger partial charge in [-0.1, -0.05) is 18.2 Å². The summed E-state index contributed by atoms with van der Waals surface area (Å²) in [6.45, 7) is 3.05. The van der Waals surface area contributed by atoms with Gasteiger partial charge in [-0.2, -0.15) is 0 Å². The standard InChI is InChI=1S/C17H19N3O2/c1-12-14(15-6-2-3-7-16(15)20-12)8-9-18-17(21)19-11-13-5-4-10-22-13/h2-7,10,20H,8-9,11H2,1H3,(H2,18,19,21). The second-order valence-corrected chi connectivity index (χ2v) is 5.21. The summed E-state index contributed by atoms with van der Waals surface area (Å²) < 4.78 is 5.16. The molecule has 114 valence electrons. The summed E-state index contributed by atoms with van der Waals surface area (Å²) in [5.74, 6) is 0.739. The van der Waals surface area contributed by atoms with Gasteiger partial charge in [-0.3, -0.25) is 0 Å². The van der Waals surface area contributed by atoms with Crippen LogP contribution in [-0.4, -0.2) is 17.6 Å². The van der Waals surface area contributed by atoms with Gasteiger partial charge in [0.25, 0.3) is 0 Å². The highest BCUT2D eigenvalue weighted by atomic mass is 16.3. The van der Waals surface area contributed by atoms with Gasteiger partial charge < -0.3 is 20.0 Å².